The summed E-state index contributed by atoms with van der Waals surface area (Å²) in [6, 6.07) is 0. The van der Waals surface area contributed by atoms with Crippen molar-refractivity contribution in [1.82, 2.24) is 14.9 Å². The predicted octanol–water partition coefficient (Wildman–Crippen LogP) is 1.86. The molecule has 5 nitrogen and oxygen atoms in total. The molecule has 17 heavy (non-hydrogen) atoms. The van der Waals surface area contributed by atoms with Crippen molar-refractivity contribution in [2.24, 2.45) is 0 Å². The van der Waals surface area contributed by atoms with Gasteiger partial charge in [0.05, 0.1) is 0 Å². The molecule has 0 atom stereocenters. The molecule has 0 aliphatic heterocycles. The SMILES string of the molecule is CCN(CC)CCCNc1ncnc(Cl)c1N. The van der Waals surface area contributed by atoms with E-state index in [1.165, 1.54) is 6.33 Å². The van der Waals surface area contributed by atoms with Gasteiger partial charge in [0.2, 0.25) is 0 Å². The zero-order chi connectivity index (χ0) is 12.7. The van der Waals surface area contributed by atoms with E-state index < -0.39 is 0 Å². The Kier molecular flexibility index (Phi) is 6.00. The summed E-state index contributed by atoms with van der Waals surface area (Å²) < 4.78 is 0. The van der Waals surface area contributed by atoms with E-state index in [-0.39, 0.29) is 0 Å². The zero-order valence-corrected chi connectivity index (χ0v) is 11.2. The second-order valence-corrected chi connectivity index (χ2v) is 4.09. The quantitative estimate of drug-likeness (QED) is 0.577. The summed E-state index contributed by atoms with van der Waals surface area (Å²) in [5.41, 5.74) is 6.16. The third kappa shape index (κ3) is 4.36. The van der Waals surface area contributed by atoms with Crippen molar-refractivity contribution < 1.29 is 0 Å². The zero-order valence-electron chi connectivity index (χ0n) is 10.4. The molecule has 0 saturated carbocycles. The lowest BCUT2D eigenvalue weighted by Crippen LogP contribution is -2.25. The van der Waals surface area contributed by atoms with E-state index in [0.29, 0.717) is 16.7 Å². The summed E-state index contributed by atoms with van der Waals surface area (Å²) in [6.07, 6.45) is 2.45. The van der Waals surface area contributed by atoms with Crippen LogP contribution in [0.4, 0.5) is 11.5 Å². The number of anilines is 2. The van der Waals surface area contributed by atoms with Crippen LogP contribution >= 0.6 is 11.6 Å². The van der Waals surface area contributed by atoms with Gasteiger partial charge in [0, 0.05) is 6.54 Å². The fraction of sp³-hybridized carbons (Fsp3) is 0.636. The molecular weight excluding hydrogens is 238 g/mol. The van der Waals surface area contributed by atoms with Crippen molar-refractivity contribution >= 4 is 23.1 Å². The Labute approximate surface area is 107 Å². The summed E-state index contributed by atoms with van der Waals surface area (Å²) in [5, 5.41) is 3.47. The molecule has 1 aromatic rings. The van der Waals surface area contributed by atoms with Gasteiger partial charge >= 0.3 is 0 Å². The molecular formula is C11H20ClN5. The maximum Gasteiger partial charge on any atom is 0.157 e. The number of nitrogens with two attached hydrogens (primary N) is 1. The molecule has 3 N–H and O–H groups in total. The van der Waals surface area contributed by atoms with Crippen LogP contribution in [0.2, 0.25) is 5.15 Å². The third-order valence-electron chi connectivity index (χ3n) is 2.67. The van der Waals surface area contributed by atoms with E-state index in [1.807, 2.05) is 0 Å². The number of aromatic nitrogens is 2. The van der Waals surface area contributed by atoms with Crippen molar-refractivity contribution in [3.8, 4) is 0 Å². The molecule has 1 heterocycles. The van der Waals surface area contributed by atoms with Crippen LogP contribution in [0.15, 0.2) is 6.33 Å². The number of nitrogen functional groups attached to an aromatic ring is 1. The van der Waals surface area contributed by atoms with Crippen LogP contribution in [0.5, 0.6) is 0 Å². The van der Waals surface area contributed by atoms with Crippen LogP contribution in [0.25, 0.3) is 0 Å². The number of hydrogen-bond acceptors (Lipinski definition) is 5. The average molecular weight is 258 g/mol. The normalized spacial score (nSPS) is 10.8. The van der Waals surface area contributed by atoms with E-state index in [2.05, 4.69) is 34.0 Å². The van der Waals surface area contributed by atoms with Crippen molar-refractivity contribution in [1.29, 1.82) is 0 Å². The maximum atomic E-state index is 5.80. The molecule has 0 unspecified atom stereocenters. The highest BCUT2D eigenvalue weighted by Crippen LogP contribution is 2.21. The minimum atomic E-state index is 0.297. The van der Waals surface area contributed by atoms with Crippen LogP contribution in [0.1, 0.15) is 20.3 Å². The van der Waals surface area contributed by atoms with Gasteiger partial charge in [0.15, 0.2) is 11.0 Å². The molecule has 0 radical (unpaired) electrons. The first-order valence-corrected chi connectivity index (χ1v) is 6.29. The van der Waals surface area contributed by atoms with Gasteiger partial charge in [-0.3, -0.25) is 0 Å². The molecule has 1 aromatic heterocycles. The fourth-order valence-electron chi connectivity index (χ4n) is 1.56. The summed E-state index contributed by atoms with van der Waals surface area (Å²) in [5.74, 6) is 0.615. The lowest BCUT2D eigenvalue weighted by atomic mass is 10.3. The molecule has 96 valence electrons. The Morgan fingerprint density at radius 2 is 2.06 bits per heavy atom. The molecule has 0 bridgehead atoms. The van der Waals surface area contributed by atoms with Crippen LogP contribution in [0.3, 0.4) is 0 Å². The van der Waals surface area contributed by atoms with Crippen LogP contribution in [-0.2, 0) is 0 Å². The van der Waals surface area contributed by atoms with Gasteiger partial charge < -0.3 is 16.0 Å². The number of rotatable bonds is 7. The number of nitrogens with zero attached hydrogens (tertiary/aromatic N) is 3. The van der Waals surface area contributed by atoms with Crippen molar-refractivity contribution in [3.05, 3.63) is 11.5 Å². The Morgan fingerprint density at radius 3 is 2.71 bits per heavy atom. The highest BCUT2D eigenvalue weighted by molar-refractivity contribution is 6.32. The van der Waals surface area contributed by atoms with Crippen LogP contribution in [0, 0.1) is 0 Å². The highest BCUT2D eigenvalue weighted by atomic mass is 35.5. The van der Waals surface area contributed by atoms with E-state index in [0.717, 1.165) is 32.6 Å². The van der Waals surface area contributed by atoms with Crippen molar-refractivity contribution in [2.45, 2.75) is 20.3 Å². The minimum Gasteiger partial charge on any atom is -0.393 e. The molecule has 1 rings (SSSR count). The monoisotopic (exact) mass is 257 g/mol. The Morgan fingerprint density at radius 1 is 1.35 bits per heavy atom. The second-order valence-electron chi connectivity index (χ2n) is 3.73. The summed E-state index contributed by atoms with van der Waals surface area (Å²) in [6.45, 7) is 8.39. The molecule has 0 fully saturated rings. The van der Waals surface area contributed by atoms with Crippen LogP contribution in [-0.4, -0.2) is 41.0 Å². The molecule has 0 aromatic carbocycles. The molecule has 6 heteroatoms. The van der Waals surface area contributed by atoms with Gasteiger partial charge in [-0.2, -0.15) is 0 Å². The van der Waals surface area contributed by atoms with Gasteiger partial charge in [-0.1, -0.05) is 25.4 Å². The van der Waals surface area contributed by atoms with Gasteiger partial charge in [-0.15, -0.1) is 0 Å². The summed E-state index contributed by atoms with van der Waals surface area (Å²) in [4.78, 5) is 10.2. The second kappa shape index (κ2) is 7.29. The first-order chi connectivity index (χ1) is 8.19. The molecule has 0 amide bonds. The lowest BCUT2D eigenvalue weighted by molar-refractivity contribution is 0.303. The van der Waals surface area contributed by atoms with Gasteiger partial charge in [-0.05, 0) is 26.1 Å². The van der Waals surface area contributed by atoms with E-state index >= 15 is 0 Å². The van der Waals surface area contributed by atoms with Gasteiger partial charge in [-0.25, -0.2) is 9.97 Å². The molecule has 0 spiro atoms. The first kappa shape index (κ1) is 14.0. The fourth-order valence-corrected chi connectivity index (χ4v) is 1.70. The third-order valence-corrected chi connectivity index (χ3v) is 2.97. The minimum absolute atomic E-state index is 0.297. The van der Waals surface area contributed by atoms with E-state index in [4.69, 9.17) is 17.3 Å². The van der Waals surface area contributed by atoms with Crippen molar-refractivity contribution in [2.75, 3.05) is 37.2 Å². The van der Waals surface area contributed by atoms with E-state index in [9.17, 15) is 0 Å². The van der Waals surface area contributed by atoms with Crippen molar-refractivity contribution in [3.63, 3.8) is 0 Å². The standard InChI is InChI=1S/C11H20ClN5/c1-3-17(4-2)7-5-6-14-11-9(13)10(12)15-8-16-11/h8H,3-7,13H2,1-2H3,(H,14,15,16). The molecule has 0 aliphatic rings. The predicted molar refractivity (Wildman–Crippen MR) is 72.3 cm³/mol. The number of hydrogen-bond donors (Lipinski definition) is 2. The Bertz CT molecular complexity index is 341. The largest absolute Gasteiger partial charge is 0.393 e. The number of halogens is 1. The smallest absolute Gasteiger partial charge is 0.157 e. The van der Waals surface area contributed by atoms with Gasteiger partial charge in [0.25, 0.3) is 0 Å². The summed E-state index contributed by atoms with van der Waals surface area (Å²) in [7, 11) is 0. The number of nitrogens with one attached hydrogen (secondary N) is 1. The maximum absolute atomic E-state index is 5.80. The average Bonchev–Trinajstić information content (AvgIpc) is 2.34. The highest BCUT2D eigenvalue weighted by Gasteiger charge is 2.05. The summed E-state index contributed by atoms with van der Waals surface area (Å²) >= 11 is 5.80. The molecule has 0 saturated heterocycles. The topological polar surface area (TPSA) is 67.1 Å². The van der Waals surface area contributed by atoms with Crippen LogP contribution < -0.4 is 11.1 Å². The first-order valence-electron chi connectivity index (χ1n) is 5.91. The van der Waals surface area contributed by atoms with E-state index in [1.54, 1.807) is 0 Å². The molecule has 0 aliphatic carbocycles. The lowest BCUT2D eigenvalue weighted by Gasteiger charge is -2.18. The van der Waals surface area contributed by atoms with Gasteiger partial charge in [0.1, 0.15) is 12.0 Å². The Balaban J connectivity index is 2.33. The Hall–Kier alpha value is -1.07.